The average molecular weight is 350 g/mol. The maximum Gasteiger partial charge on any atom is 0.270 e. The number of nitrogens with zero attached hydrogens (tertiary/aromatic N) is 4. The summed E-state index contributed by atoms with van der Waals surface area (Å²) in [5, 5.41) is 0.645. The minimum atomic E-state index is -0.208. The quantitative estimate of drug-likeness (QED) is 0.710. The van der Waals surface area contributed by atoms with Gasteiger partial charge in [0.2, 0.25) is 0 Å². The van der Waals surface area contributed by atoms with E-state index in [1.807, 2.05) is 29.2 Å². The highest BCUT2D eigenvalue weighted by Crippen LogP contribution is 2.48. The molecule has 1 aliphatic heterocycles. The summed E-state index contributed by atoms with van der Waals surface area (Å²) in [7, 11) is 0. The molecule has 1 fully saturated rings. The topological polar surface area (TPSA) is 68.2 Å². The van der Waals surface area contributed by atoms with E-state index in [2.05, 4.69) is 15.0 Å². The second kappa shape index (κ2) is 5.35. The van der Waals surface area contributed by atoms with Gasteiger partial charge in [0.25, 0.3) is 5.91 Å². The van der Waals surface area contributed by atoms with E-state index in [0.717, 1.165) is 24.3 Å². The molecule has 1 amide bonds. The lowest BCUT2D eigenvalue weighted by Gasteiger charge is -2.35. The fraction of sp³-hybridized carbons (Fsp3) is 0.222. The summed E-state index contributed by atoms with van der Waals surface area (Å²) in [5.41, 5.74) is 0.607. The fourth-order valence-corrected chi connectivity index (χ4v) is 3.82. The number of thiazole rings is 1. The molecular formula is C18H14N4O2S. The number of carbonyl (C=O) groups is 1. The molecule has 0 bridgehead atoms. The Morgan fingerprint density at radius 1 is 1.12 bits per heavy atom. The molecule has 0 radical (unpaired) electrons. The number of fused-ring (bicyclic) bond motifs is 1. The number of benzene rings is 1. The third kappa shape index (κ3) is 2.47. The third-order valence-electron chi connectivity index (χ3n) is 4.46. The summed E-state index contributed by atoms with van der Waals surface area (Å²) >= 11 is 1.31. The predicted octanol–water partition coefficient (Wildman–Crippen LogP) is 3.17. The molecule has 2 aliphatic rings. The zero-order valence-corrected chi connectivity index (χ0v) is 14.1. The Bertz CT molecular complexity index is 952. The lowest BCUT2D eigenvalue weighted by molar-refractivity contribution is 0.0947. The van der Waals surface area contributed by atoms with Gasteiger partial charge in [-0.1, -0.05) is 12.1 Å². The van der Waals surface area contributed by atoms with Gasteiger partial charge in [0.1, 0.15) is 16.2 Å². The Kier molecular flexibility index (Phi) is 3.11. The molecule has 3 heterocycles. The van der Waals surface area contributed by atoms with Crippen molar-refractivity contribution >= 4 is 22.9 Å². The normalized spacial score (nSPS) is 17.0. The van der Waals surface area contributed by atoms with Crippen molar-refractivity contribution in [3.05, 3.63) is 53.8 Å². The molecule has 0 saturated heterocycles. The predicted molar refractivity (Wildman–Crippen MR) is 93.9 cm³/mol. The summed E-state index contributed by atoms with van der Waals surface area (Å²) in [5.74, 6) is 1.25. The van der Waals surface area contributed by atoms with Gasteiger partial charge in [0, 0.05) is 12.4 Å². The molecule has 1 spiro atoms. The van der Waals surface area contributed by atoms with Crippen LogP contribution < -0.4 is 9.64 Å². The van der Waals surface area contributed by atoms with Crippen molar-refractivity contribution in [1.82, 2.24) is 15.0 Å². The zero-order valence-electron chi connectivity index (χ0n) is 13.3. The Labute approximate surface area is 148 Å². The lowest BCUT2D eigenvalue weighted by atomic mass is 10.1. The van der Waals surface area contributed by atoms with Crippen molar-refractivity contribution in [2.45, 2.75) is 18.4 Å². The van der Waals surface area contributed by atoms with Crippen molar-refractivity contribution in [2.24, 2.45) is 0 Å². The first kappa shape index (κ1) is 14.5. The molecule has 0 N–H and O–H groups in total. The van der Waals surface area contributed by atoms with Gasteiger partial charge in [-0.2, -0.15) is 0 Å². The van der Waals surface area contributed by atoms with Crippen molar-refractivity contribution < 1.29 is 9.53 Å². The van der Waals surface area contributed by atoms with Crippen LogP contribution in [0, 0.1) is 0 Å². The van der Waals surface area contributed by atoms with Gasteiger partial charge in [-0.3, -0.25) is 4.79 Å². The molecule has 1 aliphatic carbocycles. The van der Waals surface area contributed by atoms with Crippen LogP contribution in [0.25, 0.3) is 10.8 Å². The minimum absolute atomic E-state index is 0.0540. The molecule has 3 aromatic rings. The van der Waals surface area contributed by atoms with Crippen molar-refractivity contribution in [2.75, 3.05) is 11.4 Å². The number of ether oxygens (including phenoxy) is 1. The largest absolute Gasteiger partial charge is 0.483 e. The average Bonchev–Trinajstić information content (AvgIpc) is 3.21. The summed E-state index contributed by atoms with van der Waals surface area (Å²) in [6.45, 7) is 0.581. The number of rotatable bonds is 2. The van der Waals surface area contributed by atoms with E-state index in [4.69, 9.17) is 4.74 Å². The van der Waals surface area contributed by atoms with Gasteiger partial charge in [-0.15, -0.1) is 11.3 Å². The molecule has 5 rings (SSSR count). The van der Waals surface area contributed by atoms with Crippen LogP contribution in [-0.2, 0) is 0 Å². The van der Waals surface area contributed by atoms with Crippen LogP contribution in [0.3, 0.4) is 0 Å². The van der Waals surface area contributed by atoms with Gasteiger partial charge in [0.15, 0.2) is 10.8 Å². The highest BCUT2D eigenvalue weighted by Gasteiger charge is 2.51. The SMILES string of the molecule is O=C(c1cnc(-c2ncccn2)s1)N1CC2(CC2)Oc2ccccc21. The molecule has 25 heavy (non-hydrogen) atoms. The van der Waals surface area contributed by atoms with E-state index in [1.165, 1.54) is 11.3 Å². The molecule has 0 unspecified atom stereocenters. The number of hydrogen-bond donors (Lipinski definition) is 0. The van der Waals surface area contributed by atoms with Crippen LogP contribution in [-0.4, -0.2) is 33.0 Å². The second-order valence-corrected chi connectivity index (χ2v) is 7.28. The summed E-state index contributed by atoms with van der Waals surface area (Å²) in [6, 6.07) is 9.45. The Hall–Kier alpha value is -2.80. The van der Waals surface area contributed by atoms with Gasteiger partial charge < -0.3 is 9.64 Å². The number of para-hydroxylation sites is 2. The third-order valence-corrected chi connectivity index (χ3v) is 5.44. The van der Waals surface area contributed by atoms with E-state index < -0.39 is 0 Å². The summed E-state index contributed by atoms with van der Waals surface area (Å²) < 4.78 is 6.10. The van der Waals surface area contributed by atoms with Crippen LogP contribution in [0.15, 0.2) is 48.9 Å². The smallest absolute Gasteiger partial charge is 0.270 e. The Morgan fingerprint density at radius 3 is 2.72 bits per heavy atom. The molecule has 2 aromatic heterocycles. The van der Waals surface area contributed by atoms with Crippen LogP contribution in [0.5, 0.6) is 5.75 Å². The van der Waals surface area contributed by atoms with Crippen LogP contribution >= 0.6 is 11.3 Å². The number of aromatic nitrogens is 3. The molecule has 0 atom stereocenters. The maximum absolute atomic E-state index is 13.1. The van der Waals surface area contributed by atoms with Gasteiger partial charge in [0.05, 0.1) is 18.4 Å². The van der Waals surface area contributed by atoms with Crippen molar-refractivity contribution in [3.8, 4) is 16.6 Å². The van der Waals surface area contributed by atoms with E-state index in [1.54, 1.807) is 24.7 Å². The summed E-state index contributed by atoms with van der Waals surface area (Å²) in [4.78, 5) is 28.2. The molecule has 6 nitrogen and oxygen atoms in total. The lowest BCUT2D eigenvalue weighted by Crippen LogP contribution is -2.44. The van der Waals surface area contributed by atoms with Crippen molar-refractivity contribution in [3.63, 3.8) is 0 Å². The monoisotopic (exact) mass is 350 g/mol. The fourth-order valence-electron chi connectivity index (χ4n) is 3.01. The highest BCUT2D eigenvalue weighted by atomic mass is 32.1. The van der Waals surface area contributed by atoms with Gasteiger partial charge in [-0.05, 0) is 31.0 Å². The van der Waals surface area contributed by atoms with Crippen LogP contribution in [0.2, 0.25) is 0 Å². The molecule has 1 saturated carbocycles. The highest BCUT2D eigenvalue weighted by molar-refractivity contribution is 7.16. The first-order chi connectivity index (χ1) is 12.2. The van der Waals surface area contributed by atoms with E-state index >= 15 is 0 Å². The van der Waals surface area contributed by atoms with E-state index in [9.17, 15) is 4.79 Å². The Balaban J connectivity index is 1.50. The van der Waals surface area contributed by atoms with E-state index in [-0.39, 0.29) is 11.5 Å². The maximum atomic E-state index is 13.1. The first-order valence-electron chi connectivity index (χ1n) is 8.07. The number of anilines is 1. The van der Waals surface area contributed by atoms with Gasteiger partial charge in [-0.25, -0.2) is 15.0 Å². The van der Waals surface area contributed by atoms with Crippen LogP contribution in [0.1, 0.15) is 22.5 Å². The Morgan fingerprint density at radius 2 is 1.92 bits per heavy atom. The summed E-state index contributed by atoms with van der Waals surface area (Å²) in [6.07, 6.45) is 6.91. The molecule has 1 aromatic carbocycles. The number of carbonyl (C=O) groups excluding carboxylic acids is 1. The molecule has 7 heteroatoms. The minimum Gasteiger partial charge on any atom is -0.483 e. The van der Waals surface area contributed by atoms with Crippen LogP contribution in [0.4, 0.5) is 5.69 Å². The first-order valence-corrected chi connectivity index (χ1v) is 8.89. The second-order valence-electron chi connectivity index (χ2n) is 6.25. The van der Waals surface area contributed by atoms with E-state index in [0.29, 0.717) is 22.3 Å². The van der Waals surface area contributed by atoms with Gasteiger partial charge >= 0.3 is 0 Å². The molecular weight excluding hydrogens is 336 g/mol. The molecule has 124 valence electrons. The van der Waals surface area contributed by atoms with Crippen molar-refractivity contribution in [1.29, 1.82) is 0 Å². The number of amides is 1. The standard InChI is InChI=1S/C18H14N4O2S/c23-17(14-10-21-16(25-14)15-19-8-3-9-20-15)22-11-18(6-7-18)24-13-5-2-1-4-12(13)22/h1-5,8-10H,6-7,11H2. The number of hydrogen-bond acceptors (Lipinski definition) is 6. The zero-order chi connectivity index (χ0) is 16.9.